The van der Waals surface area contributed by atoms with E-state index in [9.17, 15) is 4.79 Å². The van der Waals surface area contributed by atoms with E-state index >= 15 is 0 Å². The molecular weight excluding hydrogens is 258 g/mol. The summed E-state index contributed by atoms with van der Waals surface area (Å²) in [6.07, 6.45) is 2.25. The Balaban J connectivity index is 2.08. The molecule has 0 aromatic carbocycles. The predicted molar refractivity (Wildman–Crippen MR) is 73.7 cm³/mol. The van der Waals surface area contributed by atoms with E-state index in [1.54, 1.807) is 13.4 Å². The molecule has 0 saturated carbocycles. The minimum absolute atomic E-state index is 0.0500. The maximum Gasteiger partial charge on any atom is 0.234 e. The first kappa shape index (κ1) is 14.9. The molecule has 2 rings (SSSR count). The Labute approximate surface area is 119 Å². The number of amides is 1. The van der Waals surface area contributed by atoms with Gasteiger partial charge in [-0.1, -0.05) is 13.8 Å². The number of primary amides is 1. The van der Waals surface area contributed by atoms with Crippen LogP contribution < -0.4 is 5.73 Å². The van der Waals surface area contributed by atoms with Gasteiger partial charge in [-0.05, 0) is 12.3 Å². The molecule has 20 heavy (non-hydrogen) atoms. The zero-order valence-corrected chi connectivity index (χ0v) is 12.3. The van der Waals surface area contributed by atoms with Crippen LogP contribution in [0.2, 0.25) is 0 Å². The van der Waals surface area contributed by atoms with Crippen molar-refractivity contribution < 1.29 is 9.53 Å². The van der Waals surface area contributed by atoms with Gasteiger partial charge in [-0.2, -0.15) is 5.10 Å². The first-order valence-corrected chi connectivity index (χ1v) is 6.94. The molecule has 0 bridgehead atoms. The van der Waals surface area contributed by atoms with Crippen molar-refractivity contribution in [3.63, 3.8) is 0 Å². The highest BCUT2D eigenvalue weighted by atomic mass is 16.5. The fourth-order valence-corrected chi connectivity index (χ4v) is 2.59. The van der Waals surface area contributed by atoms with Gasteiger partial charge in [-0.25, -0.2) is 9.67 Å². The first-order valence-electron chi connectivity index (χ1n) is 6.94. The minimum Gasteiger partial charge on any atom is -0.380 e. The number of rotatable bonds is 6. The maximum absolute atomic E-state index is 11.5. The third-order valence-electron chi connectivity index (χ3n) is 3.61. The van der Waals surface area contributed by atoms with E-state index in [0.29, 0.717) is 25.4 Å². The maximum atomic E-state index is 11.5. The Morgan fingerprint density at radius 3 is 2.95 bits per heavy atom. The molecule has 7 nitrogen and oxygen atoms in total. The second-order valence-electron chi connectivity index (χ2n) is 5.69. The average Bonchev–Trinajstić information content (AvgIpc) is 2.96. The van der Waals surface area contributed by atoms with E-state index in [-0.39, 0.29) is 18.1 Å². The third-order valence-corrected chi connectivity index (χ3v) is 3.61. The van der Waals surface area contributed by atoms with E-state index in [4.69, 9.17) is 10.5 Å². The van der Waals surface area contributed by atoms with Crippen LogP contribution in [-0.4, -0.2) is 51.4 Å². The van der Waals surface area contributed by atoms with Crippen LogP contribution in [0.3, 0.4) is 0 Å². The summed E-state index contributed by atoms with van der Waals surface area (Å²) in [4.78, 5) is 17.9. The second-order valence-corrected chi connectivity index (χ2v) is 5.69. The highest BCUT2D eigenvalue weighted by Gasteiger charge is 2.36. The molecule has 0 radical (unpaired) electrons. The fourth-order valence-electron chi connectivity index (χ4n) is 2.59. The topological polar surface area (TPSA) is 86.3 Å². The fraction of sp³-hybridized carbons (Fsp3) is 0.769. The molecule has 1 aromatic rings. The molecule has 7 heteroatoms. The monoisotopic (exact) mass is 281 g/mol. The van der Waals surface area contributed by atoms with Gasteiger partial charge in [0.25, 0.3) is 0 Å². The minimum atomic E-state index is -0.306. The Bertz CT molecular complexity index is 459. The summed E-state index contributed by atoms with van der Waals surface area (Å²) in [5.41, 5.74) is 5.47. The summed E-state index contributed by atoms with van der Waals surface area (Å²) >= 11 is 0. The van der Waals surface area contributed by atoms with Gasteiger partial charge in [-0.3, -0.25) is 9.69 Å². The standard InChI is InChI=1S/C13H23N5O2/c1-9(2)5-18-12(15-8-16-18)7-17-6-10(20-3)4-11(17)13(14)19/h8-11H,4-7H2,1-3H3,(H2,14,19)/t10-,11-/m0/s1. The van der Waals surface area contributed by atoms with Crippen LogP contribution in [0, 0.1) is 5.92 Å². The molecule has 1 saturated heterocycles. The Morgan fingerprint density at radius 2 is 2.35 bits per heavy atom. The lowest BCUT2D eigenvalue weighted by atomic mass is 10.2. The van der Waals surface area contributed by atoms with E-state index < -0.39 is 0 Å². The van der Waals surface area contributed by atoms with Gasteiger partial charge >= 0.3 is 0 Å². The summed E-state index contributed by atoms with van der Waals surface area (Å²) in [7, 11) is 1.66. The van der Waals surface area contributed by atoms with Crippen molar-refractivity contribution in [3.8, 4) is 0 Å². The van der Waals surface area contributed by atoms with Crippen molar-refractivity contribution in [1.29, 1.82) is 0 Å². The van der Waals surface area contributed by atoms with Gasteiger partial charge < -0.3 is 10.5 Å². The lowest BCUT2D eigenvalue weighted by Crippen LogP contribution is -2.40. The van der Waals surface area contributed by atoms with Crippen molar-refractivity contribution in [3.05, 3.63) is 12.2 Å². The number of carbonyl (C=O) groups excluding carboxylic acids is 1. The van der Waals surface area contributed by atoms with Crippen LogP contribution in [0.4, 0.5) is 0 Å². The molecular formula is C13H23N5O2. The summed E-state index contributed by atoms with van der Waals surface area (Å²) < 4.78 is 7.24. The lowest BCUT2D eigenvalue weighted by molar-refractivity contribution is -0.122. The molecule has 1 fully saturated rings. The SMILES string of the molecule is CO[C@H]1C[C@@H](C(N)=O)N(Cc2ncnn2CC(C)C)C1. The smallest absolute Gasteiger partial charge is 0.234 e. The third kappa shape index (κ3) is 3.34. The van der Waals surface area contributed by atoms with Crippen molar-refractivity contribution in [2.24, 2.45) is 11.7 Å². The number of hydrogen-bond acceptors (Lipinski definition) is 5. The molecule has 2 atom stereocenters. The normalized spacial score (nSPS) is 23.6. The summed E-state index contributed by atoms with van der Waals surface area (Å²) in [5, 5.41) is 4.24. The quantitative estimate of drug-likeness (QED) is 0.793. The number of nitrogens with two attached hydrogens (primary N) is 1. The van der Waals surface area contributed by atoms with E-state index in [1.165, 1.54) is 0 Å². The molecule has 112 valence electrons. The summed E-state index contributed by atoms with van der Waals surface area (Å²) in [6, 6.07) is -0.288. The van der Waals surface area contributed by atoms with Crippen LogP contribution in [0.25, 0.3) is 0 Å². The molecule has 1 aliphatic rings. The molecule has 2 heterocycles. The Morgan fingerprint density at radius 1 is 1.60 bits per heavy atom. The van der Waals surface area contributed by atoms with Crippen LogP contribution in [0.1, 0.15) is 26.1 Å². The number of ether oxygens (including phenoxy) is 1. The number of methoxy groups -OCH3 is 1. The van der Waals surface area contributed by atoms with Crippen LogP contribution in [0.5, 0.6) is 0 Å². The molecule has 0 spiro atoms. The summed E-state index contributed by atoms with van der Waals surface area (Å²) in [5.74, 6) is 1.05. The highest BCUT2D eigenvalue weighted by molar-refractivity contribution is 5.80. The summed E-state index contributed by atoms with van der Waals surface area (Å²) in [6.45, 7) is 6.35. The predicted octanol–water partition coefficient (Wildman–Crippen LogP) is 0.00870. The van der Waals surface area contributed by atoms with Crippen molar-refractivity contribution in [2.45, 2.75) is 45.5 Å². The number of nitrogens with zero attached hydrogens (tertiary/aromatic N) is 4. The number of likely N-dealkylation sites (tertiary alicyclic amines) is 1. The molecule has 0 unspecified atom stereocenters. The van der Waals surface area contributed by atoms with Crippen molar-refractivity contribution in [2.75, 3.05) is 13.7 Å². The highest BCUT2D eigenvalue weighted by Crippen LogP contribution is 2.21. The molecule has 1 aliphatic heterocycles. The van der Waals surface area contributed by atoms with Crippen molar-refractivity contribution in [1.82, 2.24) is 19.7 Å². The van der Waals surface area contributed by atoms with Gasteiger partial charge in [0.1, 0.15) is 12.2 Å². The Kier molecular flexibility index (Phi) is 4.72. The number of aromatic nitrogens is 3. The molecule has 1 aromatic heterocycles. The lowest BCUT2D eigenvalue weighted by Gasteiger charge is -2.21. The number of carbonyl (C=O) groups is 1. The molecule has 2 N–H and O–H groups in total. The van der Waals surface area contributed by atoms with Crippen LogP contribution in [-0.2, 0) is 22.6 Å². The van der Waals surface area contributed by atoms with Crippen molar-refractivity contribution >= 4 is 5.91 Å². The Hall–Kier alpha value is -1.47. The van der Waals surface area contributed by atoms with E-state index in [1.807, 2.05) is 9.58 Å². The largest absolute Gasteiger partial charge is 0.380 e. The first-order chi connectivity index (χ1) is 9.51. The van der Waals surface area contributed by atoms with Gasteiger partial charge in [0.15, 0.2) is 0 Å². The molecule has 1 amide bonds. The van der Waals surface area contributed by atoms with Gasteiger partial charge in [0.05, 0.1) is 18.7 Å². The van der Waals surface area contributed by atoms with Gasteiger partial charge in [0, 0.05) is 20.2 Å². The van der Waals surface area contributed by atoms with Crippen LogP contribution in [0.15, 0.2) is 6.33 Å². The second kappa shape index (κ2) is 6.32. The number of hydrogen-bond donors (Lipinski definition) is 1. The zero-order valence-electron chi connectivity index (χ0n) is 12.3. The van der Waals surface area contributed by atoms with E-state index in [0.717, 1.165) is 12.4 Å². The average molecular weight is 281 g/mol. The van der Waals surface area contributed by atoms with Gasteiger partial charge in [0.2, 0.25) is 5.91 Å². The van der Waals surface area contributed by atoms with E-state index in [2.05, 4.69) is 23.9 Å². The van der Waals surface area contributed by atoms with Crippen LogP contribution >= 0.6 is 0 Å². The zero-order chi connectivity index (χ0) is 14.7. The van der Waals surface area contributed by atoms with Gasteiger partial charge in [-0.15, -0.1) is 0 Å². The molecule has 0 aliphatic carbocycles.